The minimum Gasteiger partial charge on any atom is -0.383 e. The molecule has 0 radical (unpaired) electrons. The Labute approximate surface area is 110 Å². The van der Waals surface area contributed by atoms with Crippen molar-refractivity contribution in [3.05, 3.63) is 30.5 Å². The van der Waals surface area contributed by atoms with E-state index < -0.39 is 0 Å². The second kappa shape index (κ2) is 4.81. The molecule has 2 N–H and O–H groups in total. The molecule has 0 amide bonds. The van der Waals surface area contributed by atoms with Gasteiger partial charge in [-0.1, -0.05) is 6.07 Å². The van der Waals surface area contributed by atoms with Crippen LogP contribution in [0.15, 0.2) is 30.5 Å². The van der Waals surface area contributed by atoms with E-state index in [1.54, 1.807) is 0 Å². The molecule has 0 bridgehead atoms. The van der Waals surface area contributed by atoms with Crippen LogP contribution in [0.4, 0.5) is 16.6 Å². The predicted molar refractivity (Wildman–Crippen MR) is 75.2 cm³/mol. The summed E-state index contributed by atoms with van der Waals surface area (Å²) in [6.07, 6.45) is 1.84. The van der Waals surface area contributed by atoms with Crippen molar-refractivity contribution in [1.82, 2.24) is 9.36 Å². The van der Waals surface area contributed by atoms with Crippen molar-refractivity contribution in [2.75, 3.05) is 41.7 Å². The highest BCUT2D eigenvalue weighted by Gasteiger charge is 2.19. The van der Waals surface area contributed by atoms with E-state index in [1.807, 2.05) is 24.4 Å². The maximum Gasteiger partial charge on any atom is 0.139 e. The largest absolute Gasteiger partial charge is 0.383 e. The molecule has 2 aromatic rings. The fraction of sp³-hybridized carbons (Fsp3) is 0.333. The van der Waals surface area contributed by atoms with Crippen molar-refractivity contribution >= 4 is 28.2 Å². The van der Waals surface area contributed by atoms with Gasteiger partial charge in [-0.2, -0.15) is 4.37 Å². The average Bonchev–Trinajstić information content (AvgIpc) is 2.87. The second-order valence-corrected chi connectivity index (χ2v) is 5.04. The molecule has 3 heterocycles. The van der Waals surface area contributed by atoms with Gasteiger partial charge in [0.25, 0.3) is 0 Å². The molecule has 3 rings (SSSR count). The summed E-state index contributed by atoms with van der Waals surface area (Å²) in [5, 5.41) is 1.16. The van der Waals surface area contributed by atoms with Crippen LogP contribution in [-0.4, -0.2) is 35.5 Å². The van der Waals surface area contributed by atoms with Gasteiger partial charge in [0.15, 0.2) is 0 Å². The molecule has 18 heavy (non-hydrogen) atoms. The van der Waals surface area contributed by atoms with Crippen LogP contribution in [0.3, 0.4) is 0 Å². The van der Waals surface area contributed by atoms with Gasteiger partial charge in [0.05, 0.1) is 0 Å². The molecule has 94 valence electrons. The summed E-state index contributed by atoms with van der Waals surface area (Å²) in [6.45, 7) is 3.93. The number of hydrogen-bond acceptors (Lipinski definition) is 6. The Bertz CT molecular complexity index is 504. The van der Waals surface area contributed by atoms with Gasteiger partial charge in [-0.3, -0.25) is 0 Å². The molecule has 6 heteroatoms. The second-order valence-electron chi connectivity index (χ2n) is 4.25. The van der Waals surface area contributed by atoms with Gasteiger partial charge in [0.1, 0.15) is 16.6 Å². The standard InChI is InChI=1S/C12H15N5S/c13-10-9-12(18-15-10)17-7-5-16(6-8-17)11-3-1-2-4-14-11/h1-4,9H,5-8H2,(H2,13,15). The molecule has 0 atom stereocenters. The van der Waals surface area contributed by atoms with Crippen LogP contribution in [0.5, 0.6) is 0 Å². The number of nitrogens with two attached hydrogens (primary N) is 1. The third-order valence-electron chi connectivity index (χ3n) is 3.08. The van der Waals surface area contributed by atoms with Crippen molar-refractivity contribution in [2.45, 2.75) is 0 Å². The van der Waals surface area contributed by atoms with Crippen molar-refractivity contribution in [3.8, 4) is 0 Å². The predicted octanol–water partition coefficient (Wildman–Crippen LogP) is 1.45. The number of anilines is 3. The molecule has 5 nitrogen and oxygen atoms in total. The van der Waals surface area contributed by atoms with Crippen LogP contribution < -0.4 is 15.5 Å². The summed E-state index contributed by atoms with van der Waals surface area (Å²) in [5.41, 5.74) is 5.66. The quantitative estimate of drug-likeness (QED) is 0.886. The Balaban J connectivity index is 1.65. The lowest BCUT2D eigenvalue weighted by Gasteiger charge is -2.35. The molecule has 1 aliphatic rings. The summed E-state index contributed by atoms with van der Waals surface area (Å²) in [7, 11) is 0. The molecule has 2 aromatic heterocycles. The molecule has 1 saturated heterocycles. The van der Waals surface area contributed by atoms with E-state index in [4.69, 9.17) is 5.73 Å². The number of nitrogens with zero attached hydrogens (tertiary/aromatic N) is 4. The van der Waals surface area contributed by atoms with E-state index >= 15 is 0 Å². The van der Waals surface area contributed by atoms with Crippen molar-refractivity contribution in [2.24, 2.45) is 0 Å². The summed E-state index contributed by atoms with van der Waals surface area (Å²) < 4.78 is 4.12. The summed E-state index contributed by atoms with van der Waals surface area (Å²) in [6, 6.07) is 7.97. The van der Waals surface area contributed by atoms with Crippen molar-refractivity contribution in [3.63, 3.8) is 0 Å². The average molecular weight is 261 g/mol. The third-order valence-corrected chi connectivity index (χ3v) is 3.95. The van der Waals surface area contributed by atoms with Gasteiger partial charge in [-0.05, 0) is 23.7 Å². The first-order valence-electron chi connectivity index (χ1n) is 5.96. The summed E-state index contributed by atoms with van der Waals surface area (Å²) >= 11 is 1.47. The highest BCUT2D eigenvalue weighted by Crippen LogP contribution is 2.24. The first kappa shape index (κ1) is 11.3. The Kier molecular flexibility index (Phi) is 3.02. The highest BCUT2D eigenvalue weighted by atomic mass is 32.1. The lowest BCUT2D eigenvalue weighted by Crippen LogP contribution is -2.46. The molecular weight excluding hydrogens is 246 g/mol. The van der Waals surface area contributed by atoms with Crippen LogP contribution in [0.25, 0.3) is 0 Å². The number of aromatic nitrogens is 2. The first-order chi connectivity index (χ1) is 8.83. The minimum absolute atomic E-state index is 0.613. The zero-order chi connectivity index (χ0) is 12.4. The number of nitrogen functional groups attached to an aromatic ring is 1. The molecular formula is C12H15N5S. The van der Waals surface area contributed by atoms with Gasteiger partial charge >= 0.3 is 0 Å². The number of pyridine rings is 1. The number of hydrogen-bond donors (Lipinski definition) is 1. The van der Waals surface area contributed by atoms with Gasteiger partial charge in [0, 0.05) is 38.4 Å². The van der Waals surface area contributed by atoms with E-state index in [1.165, 1.54) is 11.5 Å². The van der Waals surface area contributed by atoms with Crippen LogP contribution in [0.1, 0.15) is 0 Å². The molecule has 0 aromatic carbocycles. The van der Waals surface area contributed by atoms with E-state index in [2.05, 4.69) is 25.2 Å². The van der Waals surface area contributed by atoms with E-state index in [-0.39, 0.29) is 0 Å². The van der Waals surface area contributed by atoms with Gasteiger partial charge in [-0.25, -0.2) is 4.98 Å². The molecule has 1 aliphatic heterocycles. The fourth-order valence-corrected chi connectivity index (χ4v) is 2.85. The molecule has 0 aliphatic carbocycles. The molecule has 0 unspecified atom stereocenters. The monoisotopic (exact) mass is 261 g/mol. The lowest BCUT2D eigenvalue weighted by atomic mass is 10.3. The van der Waals surface area contributed by atoms with Gasteiger partial charge < -0.3 is 15.5 Å². The smallest absolute Gasteiger partial charge is 0.139 e. The number of piperazine rings is 1. The van der Waals surface area contributed by atoms with Gasteiger partial charge in [-0.15, -0.1) is 0 Å². The lowest BCUT2D eigenvalue weighted by molar-refractivity contribution is 0.651. The normalized spacial score (nSPS) is 16.0. The van der Waals surface area contributed by atoms with E-state index in [0.29, 0.717) is 5.82 Å². The maximum atomic E-state index is 5.66. The third kappa shape index (κ3) is 2.24. The van der Waals surface area contributed by atoms with Crippen LogP contribution in [0, 0.1) is 0 Å². The summed E-state index contributed by atoms with van der Waals surface area (Å²) in [5.74, 6) is 1.67. The topological polar surface area (TPSA) is 58.3 Å². The fourth-order valence-electron chi connectivity index (χ4n) is 2.12. The minimum atomic E-state index is 0.613. The molecule has 0 spiro atoms. The first-order valence-corrected chi connectivity index (χ1v) is 6.73. The molecule has 0 saturated carbocycles. The van der Waals surface area contributed by atoms with Crippen LogP contribution in [0.2, 0.25) is 0 Å². The van der Waals surface area contributed by atoms with E-state index in [9.17, 15) is 0 Å². The Morgan fingerprint density at radius 3 is 2.50 bits per heavy atom. The zero-order valence-corrected chi connectivity index (χ0v) is 10.8. The van der Waals surface area contributed by atoms with E-state index in [0.717, 1.165) is 37.0 Å². The Morgan fingerprint density at radius 1 is 1.11 bits per heavy atom. The Morgan fingerprint density at radius 2 is 1.89 bits per heavy atom. The van der Waals surface area contributed by atoms with Crippen molar-refractivity contribution in [1.29, 1.82) is 0 Å². The maximum absolute atomic E-state index is 5.66. The highest BCUT2D eigenvalue weighted by molar-refractivity contribution is 7.10. The zero-order valence-electron chi connectivity index (χ0n) is 9.99. The van der Waals surface area contributed by atoms with Gasteiger partial charge in [0.2, 0.25) is 0 Å². The van der Waals surface area contributed by atoms with Crippen molar-refractivity contribution < 1.29 is 0 Å². The van der Waals surface area contributed by atoms with Crippen LogP contribution >= 0.6 is 11.5 Å². The SMILES string of the molecule is Nc1cc(N2CCN(c3ccccn3)CC2)sn1. The van der Waals surface area contributed by atoms with Crippen LogP contribution in [-0.2, 0) is 0 Å². The Hall–Kier alpha value is -1.82. The number of rotatable bonds is 2. The summed E-state index contributed by atoms with van der Waals surface area (Å²) in [4.78, 5) is 9.02. The molecule has 1 fully saturated rings.